The lowest BCUT2D eigenvalue weighted by Gasteiger charge is -2.22. The van der Waals surface area contributed by atoms with Crippen LogP contribution in [0.2, 0.25) is 5.02 Å². The summed E-state index contributed by atoms with van der Waals surface area (Å²) in [5.41, 5.74) is 3.45. The first-order valence-electron chi connectivity index (χ1n) is 10.7. The van der Waals surface area contributed by atoms with Crippen molar-refractivity contribution >= 4 is 11.6 Å². The summed E-state index contributed by atoms with van der Waals surface area (Å²) in [6.07, 6.45) is 2.25. The van der Waals surface area contributed by atoms with Gasteiger partial charge < -0.3 is 14.6 Å². The fourth-order valence-corrected chi connectivity index (χ4v) is 3.98. The van der Waals surface area contributed by atoms with Crippen LogP contribution in [0.4, 0.5) is 0 Å². The standard InChI is InChI=1S/C26H28ClNO3/c27-23-12-10-22(11-13-23)19-31-26-5-1-4-25(15-26)30-18-21-8-6-20(7-9-21)16-28-14-2-3-24(28)17-29/h1,4-13,15,24,29H,2-3,14,16-19H2. The zero-order valence-electron chi connectivity index (χ0n) is 17.5. The molecule has 3 aromatic carbocycles. The third kappa shape index (κ3) is 6.23. The molecule has 0 radical (unpaired) electrons. The molecule has 0 bridgehead atoms. The van der Waals surface area contributed by atoms with Crippen molar-refractivity contribution in [2.24, 2.45) is 0 Å². The van der Waals surface area contributed by atoms with Crippen molar-refractivity contribution in [3.63, 3.8) is 0 Å². The van der Waals surface area contributed by atoms with E-state index in [1.165, 1.54) is 12.0 Å². The average molecular weight is 438 g/mol. The molecule has 3 aromatic rings. The third-order valence-electron chi connectivity index (χ3n) is 5.65. The molecule has 1 heterocycles. The first-order valence-corrected chi connectivity index (χ1v) is 11.1. The number of ether oxygens (including phenoxy) is 2. The number of rotatable bonds is 9. The molecule has 4 nitrogen and oxygen atoms in total. The van der Waals surface area contributed by atoms with Crippen LogP contribution in [0.5, 0.6) is 11.5 Å². The second-order valence-electron chi connectivity index (χ2n) is 7.94. The number of benzene rings is 3. The predicted octanol–water partition coefficient (Wildman–Crippen LogP) is 5.45. The fraction of sp³-hybridized carbons (Fsp3) is 0.308. The van der Waals surface area contributed by atoms with Crippen molar-refractivity contribution in [3.05, 3.63) is 94.5 Å². The number of nitrogens with zero attached hydrogens (tertiary/aromatic N) is 1. The van der Waals surface area contributed by atoms with Crippen molar-refractivity contribution in [2.45, 2.75) is 38.6 Å². The number of likely N-dealkylation sites (tertiary alicyclic amines) is 1. The molecule has 5 heteroatoms. The Hall–Kier alpha value is -2.53. The van der Waals surface area contributed by atoms with Gasteiger partial charge in [0, 0.05) is 23.7 Å². The molecular weight excluding hydrogens is 410 g/mol. The highest BCUT2D eigenvalue weighted by Crippen LogP contribution is 2.23. The Bertz CT molecular complexity index is 959. The molecule has 0 amide bonds. The highest BCUT2D eigenvalue weighted by Gasteiger charge is 2.23. The predicted molar refractivity (Wildman–Crippen MR) is 124 cm³/mol. The summed E-state index contributed by atoms with van der Waals surface area (Å²) in [5, 5.41) is 10.2. The number of aliphatic hydroxyl groups is 1. The maximum Gasteiger partial charge on any atom is 0.123 e. The van der Waals surface area contributed by atoms with E-state index < -0.39 is 0 Å². The van der Waals surface area contributed by atoms with Gasteiger partial charge in [0.05, 0.1) is 6.61 Å². The van der Waals surface area contributed by atoms with E-state index in [1.54, 1.807) is 0 Å². The molecule has 1 aliphatic rings. The molecule has 0 spiro atoms. The largest absolute Gasteiger partial charge is 0.489 e. The van der Waals surface area contributed by atoms with E-state index in [2.05, 4.69) is 29.2 Å². The van der Waals surface area contributed by atoms with Gasteiger partial charge in [0.1, 0.15) is 24.7 Å². The second-order valence-corrected chi connectivity index (χ2v) is 8.38. The van der Waals surface area contributed by atoms with E-state index in [9.17, 15) is 5.11 Å². The van der Waals surface area contributed by atoms with Gasteiger partial charge in [-0.1, -0.05) is 54.1 Å². The monoisotopic (exact) mass is 437 g/mol. The summed E-state index contributed by atoms with van der Waals surface area (Å²) in [5.74, 6) is 1.55. The number of hydrogen-bond donors (Lipinski definition) is 1. The summed E-state index contributed by atoms with van der Waals surface area (Å²) in [4.78, 5) is 2.36. The van der Waals surface area contributed by atoms with Gasteiger partial charge in [-0.3, -0.25) is 4.90 Å². The normalized spacial score (nSPS) is 16.4. The van der Waals surface area contributed by atoms with Gasteiger partial charge in [-0.25, -0.2) is 0 Å². The highest BCUT2D eigenvalue weighted by atomic mass is 35.5. The molecule has 0 saturated carbocycles. The zero-order valence-corrected chi connectivity index (χ0v) is 18.3. The average Bonchev–Trinajstić information content (AvgIpc) is 3.26. The van der Waals surface area contributed by atoms with Crippen molar-refractivity contribution < 1.29 is 14.6 Å². The molecule has 1 unspecified atom stereocenters. The van der Waals surface area contributed by atoms with E-state index >= 15 is 0 Å². The van der Waals surface area contributed by atoms with E-state index in [1.807, 2.05) is 48.5 Å². The maximum atomic E-state index is 9.49. The van der Waals surface area contributed by atoms with Gasteiger partial charge in [-0.2, -0.15) is 0 Å². The van der Waals surface area contributed by atoms with Gasteiger partial charge in [0.15, 0.2) is 0 Å². The van der Waals surface area contributed by atoms with Crippen LogP contribution in [0.15, 0.2) is 72.8 Å². The van der Waals surface area contributed by atoms with Crippen LogP contribution in [0.1, 0.15) is 29.5 Å². The van der Waals surface area contributed by atoms with Gasteiger partial charge in [-0.05, 0) is 60.3 Å². The molecular formula is C26H28ClNO3. The smallest absolute Gasteiger partial charge is 0.123 e. The van der Waals surface area contributed by atoms with Crippen LogP contribution in [0.25, 0.3) is 0 Å². The van der Waals surface area contributed by atoms with Gasteiger partial charge in [-0.15, -0.1) is 0 Å². The van der Waals surface area contributed by atoms with Crippen molar-refractivity contribution in [1.82, 2.24) is 4.90 Å². The van der Waals surface area contributed by atoms with Crippen LogP contribution in [-0.2, 0) is 19.8 Å². The Kier molecular flexibility index (Phi) is 7.47. The van der Waals surface area contributed by atoms with E-state index in [0.29, 0.717) is 19.3 Å². The zero-order chi connectivity index (χ0) is 21.5. The highest BCUT2D eigenvalue weighted by molar-refractivity contribution is 6.30. The number of hydrogen-bond acceptors (Lipinski definition) is 4. The van der Waals surface area contributed by atoms with E-state index in [4.69, 9.17) is 21.1 Å². The van der Waals surface area contributed by atoms with Crippen LogP contribution < -0.4 is 9.47 Å². The Labute approximate surface area is 189 Å². The summed E-state index contributed by atoms with van der Waals surface area (Å²) in [6, 6.07) is 24.2. The lowest BCUT2D eigenvalue weighted by molar-refractivity contribution is 0.153. The maximum absolute atomic E-state index is 9.49. The first-order chi connectivity index (χ1) is 15.2. The summed E-state index contributed by atoms with van der Waals surface area (Å²) in [6.45, 7) is 3.18. The molecule has 1 atom stereocenters. The lowest BCUT2D eigenvalue weighted by atomic mass is 10.1. The fourth-order valence-electron chi connectivity index (χ4n) is 3.85. The minimum Gasteiger partial charge on any atom is -0.489 e. The molecule has 1 aliphatic heterocycles. The molecule has 1 fully saturated rings. The molecule has 162 valence electrons. The molecule has 0 aliphatic carbocycles. The van der Waals surface area contributed by atoms with Gasteiger partial charge in [0.2, 0.25) is 0 Å². The van der Waals surface area contributed by atoms with Crippen LogP contribution in [0.3, 0.4) is 0 Å². The Balaban J connectivity index is 1.28. The minimum atomic E-state index is 0.244. The second kappa shape index (κ2) is 10.7. The van der Waals surface area contributed by atoms with Crippen LogP contribution in [-0.4, -0.2) is 29.2 Å². The summed E-state index contributed by atoms with van der Waals surface area (Å²) >= 11 is 5.92. The SMILES string of the molecule is OCC1CCCN1Cc1ccc(COc2cccc(OCc3ccc(Cl)cc3)c2)cc1. The van der Waals surface area contributed by atoms with Gasteiger partial charge >= 0.3 is 0 Å². The van der Waals surface area contributed by atoms with E-state index in [0.717, 1.165) is 47.2 Å². The summed E-state index contributed by atoms with van der Waals surface area (Å²) < 4.78 is 11.8. The topological polar surface area (TPSA) is 41.9 Å². The van der Waals surface area contributed by atoms with Crippen molar-refractivity contribution in [2.75, 3.05) is 13.2 Å². The quantitative estimate of drug-likeness (QED) is 0.483. The van der Waals surface area contributed by atoms with Gasteiger partial charge in [0.25, 0.3) is 0 Å². The van der Waals surface area contributed by atoms with Crippen LogP contribution >= 0.6 is 11.6 Å². The molecule has 31 heavy (non-hydrogen) atoms. The molecule has 4 rings (SSSR count). The Morgan fingerprint density at radius 1 is 0.839 bits per heavy atom. The Morgan fingerprint density at radius 3 is 2.03 bits per heavy atom. The minimum absolute atomic E-state index is 0.244. The lowest BCUT2D eigenvalue weighted by Crippen LogP contribution is -2.31. The van der Waals surface area contributed by atoms with Crippen molar-refractivity contribution in [3.8, 4) is 11.5 Å². The summed E-state index contributed by atoms with van der Waals surface area (Å²) in [7, 11) is 0. The van der Waals surface area contributed by atoms with Crippen molar-refractivity contribution in [1.29, 1.82) is 0 Å². The molecule has 0 aromatic heterocycles. The van der Waals surface area contributed by atoms with E-state index in [-0.39, 0.29) is 6.61 Å². The Morgan fingerprint density at radius 2 is 1.42 bits per heavy atom. The number of aliphatic hydroxyl groups excluding tert-OH is 1. The molecule has 1 N–H and O–H groups in total. The first kappa shape index (κ1) is 21.7. The molecule has 1 saturated heterocycles. The van der Waals surface area contributed by atoms with Crippen LogP contribution in [0, 0.1) is 0 Å². The number of halogens is 1. The third-order valence-corrected chi connectivity index (χ3v) is 5.90.